The van der Waals surface area contributed by atoms with Crippen LogP contribution in [0.3, 0.4) is 0 Å². The molecule has 1 heterocycles. The molecule has 0 spiro atoms. The van der Waals surface area contributed by atoms with Crippen LogP contribution < -0.4 is 10.0 Å². The molecule has 3 rings (SSSR count). The molecule has 0 aliphatic carbocycles. The van der Waals surface area contributed by atoms with Gasteiger partial charge in [-0.2, -0.15) is 17.4 Å². The van der Waals surface area contributed by atoms with E-state index < -0.39 is 45.4 Å². The molecule has 0 saturated carbocycles. The first-order valence-electron chi connectivity index (χ1n) is 9.35. The van der Waals surface area contributed by atoms with Crippen LogP contribution in [0.2, 0.25) is 0 Å². The first-order chi connectivity index (χ1) is 14.7. The van der Waals surface area contributed by atoms with Crippen molar-refractivity contribution in [1.82, 2.24) is 10.0 Å². The van der Waals surface area contributed by atoms with Crippen molar-refractivity contribution in [1.29, 1.82) is 0 Å². The summed E-state index contributed by atoms with van der Waals surface area (Å²) in [6.07, 6.45) is 1.77. The molecule has 1 aliphatic heterocycles. The van der Waals surface area contributed by atoms with Crippen molar-refractivity contribution in [3.05, 3.63) is 48.6 Å². The molecule has 11 heteroatoms. The molecule has 9 nitrogen and oxygen atoms in total. The molecular formula is C20H22N2O7S2. The summed E-state index contributed by atoms with van der Waals surface area (Å²) >= 11 is 4.36. The number of aromatic hydroxyl groups is 1. The van der Waals surface area contributed by atoms with Crippen LogP contribution in [0.25, 0.3) is 10.8 Å². The largest absolute Gasteiger partial charge is 0.506 e. The zero-order chi connectivity index (χ0) is 22.8. The van der Waals surface area contributed by atoms with E-state index in [1.807, 2.05) is 0 Å². The van der Waals surface area contributed by atoms with Gasteiger partial charge in [0.2, 0.25) is 10.0 Å². The Morgan fingerprint density at radius 1 is 1.35 bits per heavy atom. The number of hydrogen-bond donors (Lipinski definition) is 5. The maximum atomic E-state index is 13.3. The minimum absolute atomic E-state index is 0.0583. The molecular weight excluding hydrogens is 444 g/mol. The lowest BCUT2D eigenvalue weighted by Crippen LogP contribution is -2.52. The number of carbonyl (C=O) groups is 2. The number of fused-ring (bicyclic) bond motifs is 1. The fourth-order valence-corrected chi connectivity index (χ4v) is 5.26. The highest BCUT2D eigenvalue weighted by molar-refractivity contribution is 7.89. The molecule has 1 unspecified atom stereocenters. The highest BCUT2D eigenvalue weighted by Crippen LogP contribution is 2.34. The molecule has 0 bridgehead atoms. The summed E-state index contributed by atoms with van der Waals surface area (Å²) in [6.45, 7) is 3.85. The smallest absolute Gasteiger partial charge is 0.339 e. The Kier molecular flexibility index (Phi) is 6.90. The van der Waals surface area contributed by atoms with E-state index in [0.29, 0.717) is 13.0 Å². The van der Waals surface area contributed by atoms with Gasteiger partial charge in [-0.1, -0.05) is 36.9 Å². The second-order valence-corrected chi connectivity index (χ2v) is 9.46. The van der Waals surface area contributed by atoms with E-state index in [9.17, 15) is 28.2 Å². The standard InChI is InChI=1S/C20H22N2O7S2/c1-2-7-29-20(26)17(15-8-11(30)10-21-15)22-31(27,28)16-9-14(19(24)25)18(23)13-6-4-3-5-12(13)16/h2-6,9,11,15,17,21-23,30H,1,7-8,10H2,(H,24,25)/t11-,15-,17?/m0/s1. The average Bonchev–Trinajstić information content (AvgIpc) is 3.16. The molecule has 1 fully saturated rings. The summed E-state index contributed by atoms with van der Waals surface area (Å²) in [7, 11) is -4.40. The van der Waals surface area contributed by atoms with Gasteiger partial charge >= 0.3 is 11.9 Å². The fourth-order valence-electron chi connectivity index (χ4n) is 3.47. The molecule has 0 aromatic heterocycles. The number of sulfonamides is 1. The van der Waals surface area contributed by atoms with Crippen molar-refractivity contribution in [3.8, 4) is 5.75 Å². The lowest BCUT2D eigenvalue weighted by molar-refractivity contribution is -0.145. The lowest BCUT2D eigenvalue weighted by atomic mass is 10.1. The van der Waals surface area contributed by atoms with Crippen molar-refractivity contribution in [2.45, 2.75) is 28.6 Å². The third-order valence-corrected chi connectivity index (χ3v) is 6.80. The zero-order valence-corrected chi connectivity index (χ0v) is 18.0. The summed E-state index contributed by atoms with van der Waals surface area (Å²) in [5.41, 5.74) is -0.570. The number of thiol groups is 1. The third-order valence-electron chi connectivity index (χ3n) is 4.92. The van der Waals surface area contributed by atoms with E-state index in [1.54, 1.807) is 12.1 Å². The van der Waals surface area contributed by atoms with Crippen LogP contribution in [0.1, 0.15) is 16.8 Å². The Labute approximate surface area is 184 Å². The molecule has 2 aromatic rings. The normalized spacial score (nSPS) is 19.8. The van der Waals surface area contributed by atoms with Crippen LogP contribution in [0.15, 0.2) is 47.9 Å². The summed E-state index contributed by atoms with van der Waals surface area (Å²) < 4.78 is 34.0. The van der Waals surface area contributed by atoms with Gasteiger partial charge in [-0.25, -0.2) is 13.2 Å². The molecule has 2 aromatic carbocycles. The SMILES string of the molecule is C=CCOC(=O)C(NS(=O)(=O)c1cc(C(=O)O)c(O)c2ccccc12)[C@@H]1C[C@H](S)CN1. The number of phenols is 1. The number of ether oxygens (including phenoxy) is 1. The van der Waals surface area contributed by atoms with Gasteiger partial charge in [0.1, 0.15) is 24.0 Å². The van der Waals surface area contributed by atoms with Gasteiger partial charge in [-0.3, -0.25) is 4.79 Å². The summed E-state index contributed by atoms with van der Waals surface area (Å²) in [4.78, 5) is 23.8. The number of hydrogen-bond acceptors (Lipinski definition) is 8. The molecule has 31 heavy (non-hydrogen) atoms. The number of carboxylic acid groups (broad SMARTS) is 1. The first kappa shape index (κ1) is 23.1. The highest BCUT2D eigenvalue weighted by atomic mass is 32.2. The Balaban J connectivity index is 2.07. The van der Waals surface area contributed by atoms with Gasteiger partial charge in [0, 0.05) is 28.6 Å². The fraction of sp³-hybridized carbons (Fsp3) is 0.300. The van der Waals surface area contributed by atoms with Crippen LogP contribution in [0, 0.1) is 0 Å². The molecule has 1 saturated heterocycles. The van der Waals surface area contributed by atoms with E-state index in [-0.39, 0.29) is 27.5 Å². The molecule has 0 radical (unpaired) electrons. The maximum absolute atomic E-state index is 13.3. The van der Waals surface area contributed by atoms with E-state index in [0.717, 1.165) is 6.07 Å². The predicted molar refractivity (Wildman–Crippen MR) is 117 cm³/mol. The Morgan fingerprint density at radius 3 is 2.61 bits per heavy atom. The zero-order valence-electron chi connectivity index (χ0n) is 16.3. The van der Waals surface area contributed by atoms with Crippen LogP contribution >= 0.6 is 12.6 Å². The van der Waals surface area contributed by atoms with Crippen molar-refractivity contribution < 1.29 is 33.0 Å². The van der Waals surface area contributed by atoms with Crippen LogP contribution in [0.4, 0.5) is 0 Å². The maximum Gasteiger partial charge on any atom is 0.339 e. The lowest BCUT2D eigenvalue weighted by Gasteiger charge is -2.23. The summed E-state index contributed by atoms with van der Waals surface area (Å²) in [5, 5.41) is 22.8. The van der Waals surface area contributed by atoms with Crippen molar-refractivity contribution in [2.24, 2.45) is 0 Å². The molecule has 3 atom stereocenters. The molecule has 1 aliphatic rings. The number of benzene rings is 2. The van der Waals surface area contributed by atoms with Gasteiger partial charge in [0.15, 0.2) is 0 Å². The average molecular weight is 467 g/mol. The second-order valence-electron chi connectivity index (χ2n) is 7.04. The predicted octanol–water partition coefficient (Wildman–Crippen LogP) is 1.28. The van der Waals surface area contributed by atoms with E-state index in [2.05, 4.69) is 29.2 Å². The van der Waals surface area contributed by atoms with Crippen molar-refractivity contribution >= 4 is 45.4 Å². The van der Waals surface area contributed by atoms with Crippen LogP contribution in [-0.2, 0) is 19.6 Å². The first-order valence-corrected chi connectivity index (χ1v) is 11.3. The summed E-state index contributed by atoms with van der Waals surface area (Å²) in [5.74, 6) is -2.83. The Bertz CT molecular complexity index is 1130. The van der Waals surface area contributed by atoms with Crippen LogP contribution in [0.5, 0.6) is 5.75 Å². The number of aromatic carboxylic acids is 1. The minimum atomic E-state index is -4.40. The van der Waals surface area contributed by atoms with Crippen molar-refractivity contribution in [2.75, 3.05) is 13.2 Å². The van der Waals surface area contributed by atoms with E-state index >= 15 is 0 Å². The van der Waals surface area contributed by atoms with Gasteiger partial charge in [-0.15, -0.1) is 0 Å². The van der Waals surface area contributed by atoms with Gasteiger partial charge in [0.05, 0.1) is 4.90 Å². The van der Waals surface area contributed by atoms with Crippen LogP contribution in [-0.4, -0.2) is 61.1 Å². The quantitative estimate of drug-likeness (QED) is 0.223. The number of carboxylic acids is 1. The Hall–Kier alpha value is -2.60. The topological polar surface area (TPSA) is 142 Å². The molecule has 4 N–H and O–H groups in total. The highest BCUT2D eigenvalue weighted by Gasteiger charge is 2.38. The van der Waals surface area contributed by atoms with E-state index in [4.69, 9.17) is 4.74 Å². The summed E-state index contributed by atoms with van der Waals surface area (Å²) in [6, 6.07) is 4.98. The number of carbonyl (C=O) groups excluding carboxylic acids is 1. The van der Waals surface area contributed by atoms with Gasteiger partial charge < -0.3 is 20.3 Å². The molecule has 0 amide bonds. The van der Waals surface area contributed by atoms with Gasteiger partial charge in [-0.05, 0) is 12.5 Å². The second kappa shape index (κ2) is 9.27. The monoisotopic (exact) mass is 466 g/mol. The number of rotatable bonds is 8. The van der Waals surface area contributed by atoms with Gasteiger partial charge in [0.25, 0.3) is 0 Å². The number of esters is 1. The third kappa shape index (κ3) is 4.85. The van der Waals surface area contributed by atoms with Crippen molar-refractivity contribution in [3.63, 3.8) is 0 Å². The van der Waals surface area contributed by atoms with E-state index in [1.165, 1.54) is 18.2 Å². The Morgan fingerprint density at radius 2 is 2.03 bits per heavy atom. The minimum Gasteiger partial charge on any atom is -0.506 e. The molecule has 166 valence electrons. The number of nitrogens with one attached hydrogen (secondary N) is 2.